The van der Waals surface area contributed by atoms with E-state index in [0.717, 1.165) is 25.7 Å². The normalized spacial score (nSPS) is 17.6. The standard InChI is InChI=1S/C16H25N3O2/c1-21-14-9-5-4-8-13(14)18-15(20)19-16(12-17)10-6-2-3-7-11-16/h4-5,8-9H,2-3,6-7,10-12,17H2,1H3,(H2,18,19,20). The number of methoxy groups -OCH3 is 1. The summed E-state index contributed by atoms with van der Waals surface area (Å²) < 4.78 is 5.24. The first-order chi connectivity index (χ1) is 10.2. The van der Waals surface area contributed by atoms with Gasteiger partial charge in [0.25, 0.3) is 0 Å². The number of amides is 2. The van der Waals surface area contributed by atoms with Crippen molar-refractivity contribution in [1.82, 2.24) is 5.32 Å². The van der Waals surface area contributed by atoms with E-state index in [1.165, 1.54) is 12.8 Å². The summed E-state index contributed by atoms with van der Waals surface area (Å²) in [6, 6.07) is 7.16. The molecule has 1 fully saturated rings. The largest absolute Gasteiger partial charge is 0.495 e. The molecule has 0 atom stereocenters. The number of para-hydroxylation sites is 2. The minimum Gasteiger partial charge on any atom is -0.495 e. The van der Waals surface area contributed by atoms with Gasteiger partial charge in [-0.3, -0.25) is 0 Å². The number of ether oxygens (including phenoxy) is 1. The van der Waals surface area contributed by atoms with E-state index in [4.69, 9.17) is 10.5 Å². The van der Waals surface area contributed by atoms with Crippen LogP contribution in [-0.4, -0.2) is 25.2 Å². The van der Waals surface area contributed by atoms with E-state index < -0.39 is 0 Å². The number of benzene rings is 1. The Balaban J connectivity index is 2.02. The second-order valence-electron chi connectivity index (χ2n) is 5.68. The zero-order valence-electron chi connectivity index (χ0n) is 12.7. The Morgan fingerprint density at radius 3 is 2.52 bits per heavy atom. The molecule has 0 aliphatic heterocycles. The first-order valence-corrected chi connectivity index (χ1v) is 7.61. The molecule has 21 heavy (non-hydrogen) atoms. The van der Waals surface area contributed by atoms with Crippen LogP contribution in [0.15, 0.2) is 24.3 Å². The third kappa shape index (κ3) is 4.11. The van der Waals surface area contributed by atoms with Crippen LogP contribution in [0, 0.1) is 0 Å². The summed E-state index contributed by atoms with van der Waals surface area (Å²) in [6.45, 7) is 0.479. The highest BCUT2D eigenvalue weighted by Crippen LogP contribution is 2.27. The van der Waals surface area contributed by atoms with Crippen molar-refractivity contribution in [3.05, 3.63) is 24.3 Å². The second kappa shape index (κ2) is 7.31. The molecule has 1 saturated carbocycles. The third-order valence-electron chi connectivity index (χ3n) is 4.19. The van der Waals surface area contributed by atoms with Crippen molar-refractivity contribution in [3.8, 4) is 5.75 Å². The van der Waals surface area contributed by atoms with Crippen LogP contribution in [0.4, 0.5) is 10.5 Å². The van der Waals surface area contributed by atoms with Gasteiger partial charge in [-0.25, -0.2) is 4.79 Å². The second-order valence-corrected chi connectivity index (χ2v) is 5.68. The van der Waals surface area contributed by atoms with E-state index in [1.807, 2.05) is 24.3 Å². The van der Waals surface area contributed by atoms with Crippen LogP contribution in [0.3, 0.4) is 0 Å². The van der Waals surface area contributed by atoms with Crippen molar-refractivity contribution in [2.45, 2.75) is 44.1 Å². The fourth-order valence-electron chi connectivity index (χ4n) is 2.93. The molecule has 5 nitrogen and oxygen atoms in total. The summed E-state index contributed by atoms with van der Waals surface area (Å²) in [5.74, 6) is 0.648. The molecule has 0 heterocycles. The Kier molecular flexibility index (Phi) is 5.44. The van der Waals surface area contributed by atoms with Crippen LogP contribution < -0.4 is 21.1 Å². The monoisotopic (exact) mass is 291 g/mol. The van der Waals surface area contributed by atoms with Crippen molar-refractivity contribution in [2.75, 3.05) is 19.0 Å². The lowest BCUT2D eigenvalue weighted by molar-refractivity contribution is 0.230. The zero-order chi connectivity index (χ0) is 15.1. The number of carbonyl (C=O) groups is 1. The molecule has 1 aromatic rings. The lowest BCUT2D eigenvalue weighted by Crippen LogP contribution is -2.54. The number of urea groups is 1. The molecule has 2 rings (SSSR count). The Hall–Kier alpha value is -1.75. The summed E-state index contributed by atoms with van der Waals surface area (Å²) in [7, 11) is 1.59. The predicted molar refractivity (Wildman–Crippen MR) is 84.6 cm³/mol. The minimum atomic E-state index is -0.275. The van der Waals surface area contributed by atoms with Crippen molar-refractivity contribution in [2.24, 2.45) is 5.73 Å². The first-order valence-electron chi connectivity index (χ1n) is 7.61. The summed E-state index contributed by atoms with van der Waals surface area (Å²) in [5.41, 5.74) is 6.33. The Morgan fingerprint density at radius 2 is 1.90 bits per heavy atom. The SMILES string of the molecule is COc1ccccc1NC(=O)NC1(CN)CCCCCC1. The molecule has 0 unspecified atom stereocenters. The number of hydrogen-bond acceptors (Lipinski definition) is 3. The van der Waals surface area contributed by atoms with E-state index in [9.17, 15) is 4.79 Å². The molecule has 1 aliphatic carbocycles. The molecular formula is C16H25N3O2. The molecule has 0 bridgehead atoms. The van der Waals surface area contributed by atoms with Crippen LogP contribution in [0.1, 0.15) is 38.5 Å². The number of nitrogens with one attached hydrogen (secondary N) is 2. The molecule has 0 aromatic heterocycles. The number of rotatable bonds is 4. The molecule has 0 spiro atoms. The summed E-state index contributed by atoms with van der Waals surface area (Å²) in [5, 5.41) is 5.95. The molecule has 2 amide bonds. The highest BCUT2D eigenvalue weighted by atomic mass is 16.5. The van der Waals surface area contributed by atoms with Crippen molar-refractivity contribution in [3.63, 3.8) is 0 Å². The van der Waals surface area contributed by atoms with Gasteiger partial charge in [-0.05, 0) is 25.0 Å². The fraction of sp³-hybridized carbons (Fsp3) is 0.562. The highest BCUT2D eigenvalue weighted by molar-refractivity contribution is 5.91. The average Bonchev–Trinajstić information content (AvgIpc) is 2.74. The van der Waals surface area contributed by atoms with E-state index >= 15 is 0 Å². The number of nitrogens with two attached hydrogens (primary N) is 1. The van der Waals surface area contributed by atoms with E-state index in [0.29, 0.717) is 18.0 Å². The molecule has 4 N–H and O–H groups in total. The van der Waals surface area contributed by atoms with E-state index in [1.54, 1.807) is 7.11 Å². The van der Waals surface area contributed by atoms with Crippen LogP contribution in [0.5, 0.6) is 5.75 Å². The molecule has 5 heteroatoms. The zero-order valence-corrected chi connectivity index (χ0v) is 12.7. The maximum absolute atomic E-state index is 12.3. The van der Waals surface area contributed by atoms with E-state index in [2.05, 4.69) is 10.6 Å². The minimum absolute atomic E-state index is 0.216. The number of hydrogen-bond donors (Lipinski definition) is 3. The highest BCUT2D eigenvalue weighted by Gasteiger charge is 2.31. The number of carbonyl (C=O) groups excluding carboxylic acids is 1. The Morgan fingerprint density at radius 1 is 1.24 bits per heavy atom. The first kappa shape index (κ1) is 15.6. The Labute approximate surface area is 126 Å². The van der Waals surface area contributed by atoms with Crippen LogP contribution in [0.25, 0.3) is 0 Å². The van der Waals surface area contributed by atoms with Gasteiger partial charge in [-0.1, -0.05) is 37.8 Å². The fourth-order valence-corrected chi connectivity index (χ4v) is 2.93. The van der Waals surface area contributed by atoms with Crippen molar-refractivity contribution >= 4 is 11.7 Å². The van der Waals surface area contributed by atoms with Gasteiger partial charge in [-0.2, -0.15) is 0 Å². The molecule has 0 radical (unpaired) electrons. The van der Waals surface area contributed by atoms with Crippen molar-refractivity contribution < 1.29 is 9.53 Å². The van der Waals surface area contributed by atoms with Gasteiger partial charge < -0.3 is 21.1 Å². The molecule has 1 aromatic carbocycles. The van der Waals surface area contributed by atoms with Gasteiger partial charge in [0.05, 0.1) is 18.3 Å². The summed E-state index contributed by atoms with van der Waals surface area (Å²) in [4.78, 5) is 12.3. The molecule has 116 valence electrons. The predicted octanol–water partition coefficient (Wildman–Crippen LogP) is 2.87. The van der Waals surface area contributed by atoms with Gasteiger partial charge in [0.1, 0.15) is 5.75 Å². The summed E-state index contributed by atoms with van der Waals surface area (Å²) >= 11 is 0. The maximum Gasteiger partial charge on any atom is 0.319 e. The maximum atomic E-state index is 12.3. The van der Waals surface area contributed by atoms with Crippen molar-refractivity contribution in [1.29, 1.82) is 0 Å². The van der Waals surface area contributed by atoms with E-state index in [-0.39, 0.29) is 11.6 Å². The van der Waals surface area contributed by atoms with Gasteiger partial charge in [0.2, 0.25) is 0 Å². The van der Waals surface area contributed by atoms with Crippen LogP contribution >= 0.6 is 0 Å². The summed E-state index contributed by atoms with van der Waals surface area (Å²) in [6.07, 6.45) is 6.57. The lowest BCUT2D eigenvalue weighted by Gasteiger charge is -2.32. The smallest absolute Gasteiger partial charge is 0.319 e. The van der Waals surface area contributed by atoms with Gasteiger partial charge in [0.15, 0.2) is 0 Å². The van der Waals surface area contributed by atoms with Crippen LogP contribution in [-0.2, 0) is 0 Å². The Bertz CT molecular complexity index is 468. The topological polar surface area (TPSA) is 76.4 Å². The van der Waals surface area contributed by atoms with Crippen LogP contribution in [0.2, 0.25) is 0 Å². The van der Waals surface area contributed by atoms with Gasteiger partial charge in [0, 0.05) is 6.54 Å². The molecule has 0 saturated heterocycles. The van der Waals surface area contributed by atoms with Gasteiger partial charge in [-0.15, -0.1) is 0 Å². The molecule has 1 aliphatic rings. The number of anilines is 1. The quantitative estimate of drug-likeness (QED) is 0.747. The lowest BCUT2D eigenvalue weighted by atomic mass is 9.90. The third-order valence-corrected chi connectivity index (χ3v) is 4.19. The molecular weight excluding hydrogens is 266 g/mol. The van der Waals surface area contributed by atoms with Gasteiger partial charge >= 0.3 is 6.03 Å². The average molecular weight is 291 g/mol.